The summed E-state index contributed by atoms with van der Waals surface area (Å²) in [5.74, 6) is 1.92. The molecule has 5 nitrogen and oxygen atoms in total. The smallest absolute Gasteiger partial charge is 0.305 e. The van der Waals surface area contributed by atoms with Gasteiger partial charge in [0.25, 0.3) is 0 Å². The molecule has 0 atom stereocenters. The predicted octanol–water partition coefficient (Wildman–Crippen LogP) is 3.74. The third kappa shape index (κ3) is 5.25. The molecule has 2 aromatic rings. The fourth-order valence-electron chi connectivity index (χ4n) is 2.86. The van der Waals surface area contributed by atoms with E-state index in [-0.39, 0.29) is 5.97 Å². The van der Waals surface area contributed by atoms with E-state index in [1.54, 1.807) is 0 Å². The topological polar surface area (TPSA) is 47.4 Å². The van der Waals surface area contributed by atoms with Gasteiger partial charge in [0.15, 0.2) is 0 Å². The van der Waals surface area contributed by atoms with Crippen molar-refractivity contribution in [1.82, 2.24) is 9.55 Å². The van der Waals surface area contributed by atoms with Crippen LogP contribution in [0.5, 0.6) is 0 Å². The van der Waals surface area contributed by atoms with Crippen LogP contribution in [0.1, 0.15) is 25.6 Å². The van der Waals surface area contributed by atoms with Crippen molar-refractivity contribution in [2.24, 2.45) is 7.05 Å². The Morgan fingerprint density at radius 3 is 2.64 bits per heavy atom. The summed E-state index contributed by atoms with van der Waals surface area (Å²) < 4.78 is 7.04. The number of ether oxygens (including phenoxy) is 1. The fourth-order valence-corrected chi connectivity index (χ4v) is 3.26. The highest BCUT2D eigenvalue weighted by molar-refractivity contribution is 6.18. The van der Waals surface area contributed by atoms with Crippen molar-refractivity contribution in [3.63, 3.8) is 0 Å². The Morgan fingerprint density at radius 1 is 1.28 bits per heavy atom. The van der Waals surface area contributed by atoms with Crippen LogP contribution in [0.15, 0.2) is 18.2 Å². The van der Waals surface area contributed by atoms with Gasteiger partial charge in [-0.05, 0) is 31.5 Å². The van der Waals surface area contributed by atoms with Crippen molar-refractivity contribution in [2.75, 3.05) is 36.4 Å². The molecule has 0 radical (unpaired) electrons. The van der Waals surface area contributed by atoms with Gasteiger partial charge in [0, 0.05) is 50.4 Å². The van der Waals surface area contributed by atoms with E-state index >= 15 is 0 Å². The average Bonchev–Trinajstić information content (AvgIpc) is 2.90. The van der Waals surface area contributed by atoms with Crippen molar-refractivity contribution >= 4 is 45.9 Å². The van der Waals surface area contributed by atoms with Crippen LogP contribution in [0, 0.1) is 0 Å². The van der Waals surface area contributed by atoms with Crippen LogP contribution in [-0.4, -0.2) is 47.0 Å². The normalized spacial score (nSPS) is 11.0. The number of aromatic nitrogens is 2. The van der Waals surface area contributed by atoms with Crippen molar-refractivity contribution in [3.05, 3.63) is 24.0 Å². The summed E-state index contributed by atoms with van der Waals surface area (Å²) in [7, 11) is 2.00. The Labute approximate surface area is 158 Å². The quantitative estimate of drug-likeness (QED) is 0.461. The second-order valence-electron chi connectivity index (χ2n) is 5.78. The van der Waals surface area contributed by atoms with E-state index in [0.717, 1.165) is 48.5 Å². The minimum Gasteiger partial charge on any atom is -0.466 e. The fraction of sp³-hybridized carbons (Fsp3) is 0.556. The molecule has 0 spiro atoms. The first-order chi connectivity index (χ1) is 12.1. The van der Waals surface area contributed by atoms with Gasteiger partial charge in [-0.2, -0.15) is 0 Å². The van der Waals surface area contributed by atoms with Crippen LogP contribution in [0.3, 0.4) is 0 Å². The summed E-state index contributed by atoms with van der Waals surface area (Å²) in [5, 5.41) is 0. The maximum atomic E-state index is 11.5. The number of imidazole rings is 1. The molecule has 138 valence electrons. The molecule has 0 saturated heterocycles. The maximum absolute atomic E-state index is 11.5. The van der Waals surface area contributed by atoms with Gasteiger partial charge in [0.05, 0.1) is 17.6 Å². The number of carbonyl (C=O) groups is 1. The van der Waals surface area contributed by atoms with Gasteiger partial charge in [-0.15, -0.1) is 23.2 Å². The number of benzene rings is 1. The monoisotopic (exact) mass is 385 g/mol. The molecule has 25 heavy (non-hydrogen) atoms. The molecule has 0 unspecified atom stereocenters. The molecule has 1 aromatic heterocycles. The summed E-state index contributed by atoms with van der Waals surface area (Å²) in [6, 6.07) is 6.22. The molecule has 2 rings (SSSR count). The largest absolute Gasteiger partial charge is 0.466 e. The number of hydrogen-bond donors (Lipinski definition) is 0. The predicted molar refractivity (Wildman–Crippen MR) is 104 cm³/mol. The number of esters is 1. The highest BCUT2D eigenvalue weighted by Crippen LogP contribution is 2.23. The molecule has 1 aromatic carbocycles. The minimum atomic E-state index is -0.152. The van der Waals surface area contributed by atoms with E-state index in [1.165, 1.54) is 0 Å². The second kappa shape index (κ2) is 9.88. The number of hydrogen-bond acceptors (Lipinski definition) is 4. The van der Waals surface area contributed by atoms with Crippen LogP contribution in [-0.2, 0) is 23.0 Å². The van der Waals surface area contributed by atoms with E-state index in [4.69, 9.17) is 32.9 Å². The van der Waals surface area contributed by atoms with Crippen LogP contribution in [0.4, 0.5) is 5.69 Å². The zero-order chi connectivity index (χ0) is 18.2. The standard InChI is InChI=1S/C18H25Cl2N3O2/c1-3-25-18(24)6-4-5-17-21-15-13-14(7-8-16(15)22(17)2)23(11-9-19)12-10-20/h7-8,13H,3-6,9-12H2,1-2H3. The lowest BCUT2D eigenvalue weighted by atomic mass is 10.2. The van der Waals surface area contributed by atoms with Crippen LogP contribution >= 0.6 is 23.2 Å². The Morgan fingerprint density at radius 2 is 2.00 bits per heavy atom. The molecule has 7 heteroatoms. The molecular formula is C18H25Cl2N3O2. The molecule has 0 bridgehead atoms. The molecular weight excluding hydrogens is 361 g/mol. The molecule has 0 aliphatic heterocycles. The highest BCUT2D eigenvalue weighted by atomic mass is 35.5. The lowest BCUT2D eigenvalue weighted by molar-refractivity contribution is -0.143. The number of halogens is 2. The number of aryl methyl sites for hydroxylation is 2. The average molecular weight is 386 g/mol. The molecule has 1 heterocycles. The first-order valence-electron chi connectivity index (χ1n) is 8.58. The third-order valence-corrected chi connectivity index (χ3v) is 4.46. The van der Waals surface area contributed by atoms with Crippen molar-refractivity contribution in [3.8, 4) is 0 Å². The van der Waals surface area contributed by atoms with Gasteiger partial charge < -0.3 is 14.2 Å². The van der Waals surface area contributed by atoms with Crippen LogP contribution in [0.25, 0.3) is 11.0 Å². The molecule has 0 amide bonds. The van der Waals surface area contributed by atoms with E-state index in [2.05, 4.69) is 27.7 Å². The second-order valence-corrected chi connectivity index (χ2v) is 6.54. The van der Waals surface area contributed by atoms with E-state index in [1.807, 2.05) is 14.0 Å². The number of anilines is 1. The van der Waals surface area contributed by atoms with Crippen molar-refractivity contribution in [2.45, 2.75) is 26.2 Å². The Kier molecular flexibility index (Phi) is 7.85. The van der Waals surface area contributed by atoms with Crippen LogP contribution < -0.4 is 4.90 Å². The number of alkyl halides is 2. The number of rotatable bonds is 10. The van der Waals surface area contributed by atoms with Gasteiger partial charge in [-0.25, -0.2) is 4.98 Å². The minimum absolute atomic E-state index is 0.152. The summed E-state index contributed by atoms with van der Waals surface area (Å²) in [6.07, 6.45) is 1.89. The molecule has 0 saturated carbocycles. The number of fused-ring (bicyclic) bond motifs is 1. The summed E-state index contributed by atoms with van der Waals surface area (Å²) >= 11 is 11.8. The third-order valence-electron chi connectivity index (χ3n) is 4.12. The molecule has 0 N–H and O–H groups in total. The van der Waals surface area contributed by atoms with Crippen LogP contribution in [0.2, 0.25) is 0 Å². The summed E-state index contributed by atoms with van der Waals surface area (Å²) in [4.78, 5) is 18.4. The highest BCUT2D eigenvalue weighted by Gasteiger charge is 2.12. The van der Waals surface area contributed by atoms with Gasteiger partial charge >= 0.3 is 5.97 Å². The molecule has 0 aliphatic carbocycles. The van der Waals surface area contributed by atoms with Crippen molar-refractivity contribution < 1.29 is 9.53 Å². The van der Waals surface area contributed by atoms with Crippen molar-refractivity contribution in [1.29, 1.82) is 0 Å². The van der Waals surface area contributed by atoms with E-state index in [9.17, 15) is 4.79 Å². The number of nitrogens with zero attached hydrogens (tertiary/aromatic N) is 3. The van der Waals surface area contributed by atoms with Gasteiger partial charge in [-0.1, -0.05) is 0 Å². The first kappa shape index (κ1) is 19.9. The van der Waals surface area contributed by atoms with Gasteiger partial charge in [-0.3, -0.25) is 4.79 Å². The zero-order valence-electron chi connectivity index (χ0n) is 14.8. The zero-order valence-corrected chi connectivity index (χ0v) is 16.3. The lowest BCUT2D eigenvalue weighted by Crippen LogP contribution is -2.27. The van der Waals surface area contributed by atoms with E-state index < -0.39 is 0 Å². The first-order valence-corrected chi connectivity index (χ1v) is 9.65. The lowest BCUT2D eigenvalue weighted by Gasteiger charge is -2.22. The van der Waals surface area contributed by atoms with Gasteiger partial charge in [0.2, 0.25) is 0 Å². The Hall–Kier alpha value is -1.46. The Bertz CT molecular complexity index is 697. The number of carbonyl (C=O) groups excluding carboxylic acids is 1. The SMILES string of the molecule is CCOC(=O)CCCc1nc2cc(N(CCCl)CCCl)ccc2n1C. The summed E-state index contributed by atoms with van der Waals surface area (Å²) in [5.41, 5.74) is 3.09. The van der Waals surface area contributed by atoms with E-state index in [0.29, 0.717) is 24.8 Å². The summed E-state index contributed by atoms with van der Waals surface area (Å²) in [6.45, 7) is 3.74. The van der Waals surface area contributed by atoms with Gasteiger partial charge in [0.1, 0.15) is 5.82 Å². The Balaban J connectivity index is 2.13. The molecule has 0 fully saturated rings. The molecule has 0 aliphatic rings. The maximum Gasteiger partial charge on any atom is 0.305 e.